The average Bonchev–Trinajstić information content (AvgIpc) is 2.84. The van der Waals surface area contributed by atoms with E-state index in [9.17, 15) is 22.8 Å². The number of carbonyl (C=O) groups is 2. The first-order chi connectivity index (χ1) is 8.66. The van der Waals surface area contributed by atoms with E-state index in [0.29, 0.717) is 12.8 Å². The van der Waals surface area contributed by atoms with Crippen molar-refractivity contribution in [2.75, 3.05) is 0 Å². The quantitative estimate of drug-likeness (QED) is 0.796. The maximum absolute atomic E-state index is 12.5. The molecule has 19 heavy (non-hydrogen) atoms. The molecular weight excluding hydrogens is 265 g/mol. The van der Waals surface area contributed by atoms with E-state index in [-0.39, 0.29) is 24.2 Å². The van der Waals surface area contributed by atoms with E-state index in [4.69, 9.17) is 10.4 Å². The van der Waals surface area contributed by atoms with Crippen molar-refractivity contribution in [3.05, 3.63) is 0 Å². The van der Waals surface area contributed by atoms with Crippen LogP contribution in [0.5, 0.6) is 0 Å². The highest BCUT2D eigenvalue weighted by Crippen LogP contribution is 2.59. The Bertz CT molecular complexity index is 473. The van der Waals surface area contributed by atoms with Gasteiger partial charge in [0, 0.05) is 0 Å². The van der Waals surface area contributed by atoms with Crippen molar-refractivity contribution in [1.29, 1.82) is 5.26 Å². The highest BCUT2D eigenvalue weighted by molar-refractivity contribution is 5.95. The number of fused-ring (bicyclic) bond motifs is 2. The monoisotopic (exact) mass is 276 g/mol. The van der Waals surface area contributed by atoms with Gasteiger partial charge in [0.1, 0.15) is 0 Å². The fourth-order valence-electron chi connectivity index (χ4n) is 3.26. The maximum atomic E-state index is 12.5. The fourth-order valence-corrected chi connectivity index (χ4v) is 3.26. The number of amides is 2. The summed E-state index contributed by atoms with van der Waals surface area (Å²) >= 11 is 0. The molecule has 0 aromatic rings. The lowest BCUT2D eigenvalue weighted by Gasteiger charge is -2.36. The van der Waals surface area contributed by atoms with Gasteiger partial charge in [-0.15, -0.1) is 0 Å². The van der Waals surface area contributed by atoms with Crippen molar-refractivity contribution in [1.82, 2.24) is 4.90 Å². The first-order valence-electron chi connectivity index (χ1n) is 5.71. The zero-order valence-electron chi connectivity index (χ0n) is 9.83. The molecule has 2 saturated carbocycles. The fraction of sp³-hybridized carbons (Fsp3) is 0.727. The lowest BCUT2D eigenvalue weighted by Crippen LogP contribution is -2.56. The molecule has 0 aromatic carbocycles. The molecule has 8 heteroatoms. The van der Waals surface area contributed by atoms with Gasteiger partial charge < -0.3 is 5.11 Å². The molecule has 0 unspecified atom stereocenters. The molecule has 2 rings (SSSR count). The summed E-state index contributed by atoms with van der Waals surface area (Å²) in [6, 6.07) is 2.05. The van der Waals surface area contributed by atoms with Gasteiger partial charge in [0.15, 0.2) is 0 Å². The second kappa shape index (κ2) is 3.85. The summed E-state index contributed by atoms with van der Waals surface area (Å²) in [5.41, 5.74) is -2.15. The van der Waals surface area contributed by atoms with Gasteiger partial charge in [-0.05, 0) is 32.1 Å². The van der Waals surface area contributed by atoms with Crippen LogP contribution in [-0.4, -0.2) is 33.7 Å². The molecule has 104 valence electrons. The number of alkyl halides is 3. The second-order valence-electron chi connectivity index (χ2n) is 5.21. The molecule has 0 aliphatic heterocycles. The molecule has 0 saturated heterocycles. The first kappa shape index (κ1) is 13.6. The Morgan fingerprint density at radius 2 is 1.74 bits per heavy atom. The molecule has 2 aliphatic rings. The van der Waals surface area contributed by atoms with Crippen LogP contribution >= 0.6 is 0 Å². The number of carbonyl (C=O) groups excluding carboxylic acids is 1. The van der Waals surface area contributed by atoms with E-state index in [0.717, 1.165) is 0 Å². The Balaban J connectivity index is 2.36. The van der Waals surface area contributed by atoms with Crippen molar-refractivity contribution < 1.29 is 27.9 Å². The Labute approximate surface area is 106 Å². The van der Waals surface area contributed by atoms with E-state index < -0.39 is 29.1 Å². The highest BCUT2D eigenvalue weighted by atomic mass is 19.4. The van der Waals surface area contributed by atoms with Crippen LogP contribution in [0.25, 0.3) is 0 Å². The van der Waals surface area contributed by atoms with Crippen LogP contribution in [0.2, 0.25) is 0 Å². The molecule has 2 fully saturated rings. The second-order valence-corrected chi connectivity index (χ2v) is 5.21. The Kier molecular flexibility index (Phi) is 2.77. The van der Waals surface area contributed by atoms with Gasteiger partial charge in [0.25, 0.3) is 0 Å². The molecule has 1 N–H and O–H groups in total. The van der Waals surface area contributed by atoms with Crippen LogP contribution in [0.15, 0.2) is 0 Å². The van der Waals surface area contributed by atoms with Crippen molar-refractivity contribution in [3.63, 3.8) is 0 Å². The lowest BCUT2D eigenvalue weighted by atomic mass is 9.85. The maximum Gasteiger partial charge on any atom is 0.471 e. The van der Waals surface area contributed by atoms with Crippen LogP contribution in [0, 0.1) is 16.7 Å². The van der Waals surface area contributed by atoms with Gasteiger partial charge in [-0.2, -0.15) is 18.4 Å². The number of halogens is 3. The summed E-state index contributed by atoms with van der Waals surface area (Å²) < 4.78 is 37.5. The largest absolute Gasteiger partial charge is 0.471 e. The smallest absolute Gasteiger partial charge is 0.465 e. The summed E-state index contributed by atoms with van der Waals surface area (Å²) in [6.45, 7) is 0. The van der Waals surface area contributed by atoms with Gasteiger partial charge in [0.05, 0.1) is 17.0 Å². The first-order valence-corrected chi connectivity index (χ1v) is 5.71. The number of hydrogen-bond donors (Lipinski definition) is 1. The molecule has 2 aliphatic carbocycles. The Hall–Kier alpha value is -1.78. The van der Waals surface area contributed by atoms with Gasteiger partial charge in [0.2, 0.25) is 0 Å². The SMILES string of the molecule is N#CC12CCC(N(C(=O)O)C(=O)C(F)(F)F)(CC1)C2. The van der Waals surface area contributed by atoms with E-state index >= 15 is 0 Å². The zero-order valence-corrected chi connectivity index (χ0v) is 9.83. The molecule has 0 atom stereocenters. The zero-order chi connectivity index (χ0) is 14.5. The Morgan fingerprint density at radius 1 is 1.21 bits per heavy atom. The van der Waals surface area contributed by atoms with Gasteiger partial charge in [-0.1, -0.05) is 0 Å². The third kappa shape index (κ3) is 1.93. The minimum Gasteiger partial charge on any atom is -0.465 e. The predicted octanol–water partition coefficient (Wildman–Crippen LogP) is 2.28. The summed E-state index contributed by atoms with van der Waals surface area (Å²) in [6.07, 6.45) is -6.23. The standard InChI is InChI=1S/C11H11F3N2O3/c12-11(13,14)7(17)16(8(18)19)10-3-1-9(5-10,6-15)2-4-10/h1-5H2,(H,18,19). The van der Waals surface area contributed by atoms with E-state index in [1.807, 2.05) is 0 Å². The third-order valence-electron chi connectivity index (χ3n) is 4.15. The van der Waals surface area contributed by atoms with Gasteiger partial charge >= 0.3 is 18.2 Å². The molecule has 0 heterocycles. The molecule has 5 nitrogen and oxygen atoms in total. The molecule has 2 amide bonds. The predicted molar refractivity (Wildman–Crippen MR) is 54.8 cm³/mol. The third-order valence-corrected chi connectivity index (χ3v) is 4.15. The lowest BCUT2D eigenvalue weighted by molar-refractivity contribution is -0.188. The topological polar surface area (TPSA) is 81.4 Å². The minimum atomic E-state index is -5.23. The normalized spacial score (nSPS) is 32.9. The van der Waals surface area contributed by atoms with Crippen molar-refractivity contribution in [3.8, 4) is 6.07 Å². The van der Waals surface area contributed by atoms with Crippen LogP contribution in [0.1, 0.15) is 32.1 Å². The molecular formula is C11H11F3N2O3. The number of imide groups is 1. The van der Waals surface area contributed by atoms with Crippen LogP contribution < -0.4 is 0 Å². The van der Waals surface area contributed by atoms with E-state index in [2.05, 4.69) is 6.07 Å². The van der Waals surface area contributed by atoms with E-state index in [1.54, 1.807) is 0 Å². The average molecular weight is 276 g/mol. The van der Waals surface area contributed by atoms with Crippen LogP contribution in [-0.2, 0) is 4.79 Å². The van der Waals surface area contributed by atoms with Crippen LogP contribution in [0.3, 0.4) is 0 Å². The summed E-state index contributed by atoms with van der Waals surface area (Å²) in [7, 11) is 0. The number of nitrogens with zero attached hydrogens (tertiary/aromatic N) is 2. The summed E-state index contributed by atoms with van der Waals surface area (Å²) in [5.74, 6) is -2.37. The van der Waals surface area contributed by atoms with Crippen molar-refractivity contribution in [2.24, 2.45) is 5.41 Å². The highest BCUT2D eigenvalue weighted by Gasteiger charge is 2.63. The number of rotatable bonds is 1. The van der Waals surface area contributed by atoms with Gasteiger partial charge in [-0.3, -0.25) is 4.79 Å². The number of carboxylic acid groups (broad SMARTS) is 1. The Morgan fingerprint density at radius 3 is 2.05 bits per heavy atom. The molecule has 0 spiro atoms. The van der Waals surface area contributed by atoms with Gasteiger partial charge in [-0.25, -0.2) is 9.69 Å². The van der Waals surface area contributed by atoms with Crippen molar-refractivity contribution in [2.45, 2.75) is 43.8 Å². The van der Waals surface area contributed by atoms with Crippen LogP contribution in [0.4, 0.5) is 18.0 Å². The number of hydrogen-bond acceptors (Lipinski definition) is 3. The molecule has 0 aromatic heterocycles. The van der Waals surface area contributed by atoms with E-state index in [1.165, 1.54) is 0 Å². The summed E-state index contributed by atoms with van der Waals surface area (Å²) in [4.78, 5) is 22.3. The molecule has 0 radical (unpaired) electrons. The molecule has 2 bridgehead atoms. The number of nitriles is 1. The summed E-state index contributed by atoms with van der Waals surface area (Å²) in [5, 5.41) is 18.0. The van der Waals surface area contributed by atoms with Crippen molar-refractivity contribution >= 4 is 12.0 Å². The minimum absolute atomic E-state index is 0.00458.